The van der Waals surface area contributed by atoms with Crippen molar-refractivity contribution < 1.29 is 14.3 Å². The number of carboxylic acids is 1. The highest BCUT2D eigenvalue weighted by Gasteiger charge is 2.22. The molecule has 4 heteroatoms. The van der Waals surface area contributed by atoms with Crippen LogP contribution in [0, 0.1) is 11.7 Å². The molecule has 1 fully saturated rings. The zero-order valence-electron chi connectivity index (χ0n) is 10.4. The average Bonchev–Trinajstić information content (AvgIpc) is 2.28. The molecular weight excluding hydrogens is 233 g/mol. The number of nitrogens with one attached hydrogen (secondary N) is 1. The minimum atomic E-state index is -1.22. The molecule has 98 valence electrons. The summed E-state index contributed by atoms with van der Waals surface area (Å²) in [6, 6.07) is 4.59. The van der Waals surface area contributed by atoms with Crippen LogP contribution in [0.4, 0.5) is 10.1 Å². The van der Waals surface area contributed by atoms with Gasteiger partial charge >= 0.3 is 5.97 Å². The van der Waals surface area contributed by atoms with Gasteiger partial charge in [-0.2, -0.15) is 0 Å². The SMILES string of the molecule is CC1CCCC(Nc2cccc(F)c2C(=O)O)C1. The third-order valence-electron chi connectivity index (χ3n) is 3.52. The Morgan fingerprint density at radius 2 is 2.22 bits per heavy atom. The molecule has 2 N–H and O–H groups in total. The molecule has 18 heavy (non-hydrogen) atoms. The lowest BCUT2D eigenvalue weighted by atomic mass is 9.87. The van der Waals surface area contributed by atoms with Crippen LogP contribution in [0.25, 0.3) is 0 Å². The molecule has 0 amide bonds. The predicted octanol–water partition coefficient (Wildman–Crippen LogP) is 3.51. The zero-order valence-corrected chi connectivity index (χ0v) is 10.4. The maximum atomic E-state index is 13.5. The third kappa shape index (κ3) is 2.81. The molecule has 1 aromatic rings. The smallest absolute Gasteiger partial charge is 0.340 e. The first kappa shape index (κ1) is 12.9. The molecule has 1 aliphatic rings. The number of carboxylic acid groups (broad SMARTS) is 1. The maximum Gasteiger partial charge on any atom is 0.340 e. The van der Waals surface area contributed by atoms with Crippen LogP contribution in [-0.4, -0.2) is 17.1 Å². The summed E-state index contributed by atoms with van der Waals surface area (Å²) >= 11 is 0. The second-order valence-corrected chi connectivity index (χ2v) is 5.08. The van der Waals surface area contributed by atoms with E-state index in [1.54, 1.807) is 6.07 Å². The number of rotatable bonds is 3. The average molecular weight is 251 g/mol. The Bertz CT molecular complexity index is 447. The topological polar surface area (TPSA) is 49.3 Å². The predicted molar refractivity (Wildman–Crippen MR) is 68.4 cm³/mol. The van der Waals surface area contributed by atoms with Gasteiger partial charge in [-0.3, -0.25) is 0 Å². The minimum absolute atomic E-state index is 0.244. The van der Waals surface area contributed by atoms with E-state index in [9.17, 15) is 9.18 Å². The molecular formula is C14H18FNO2. The number of carbonyl (C=O) groups is 1. The largest absolute Gasteiger partial charge is 0.478 e. The monoisotopic (exact) mass is 251 g/mol. The number of hydrogen-bond acceptors (Lipinski definition) is 2. The van der Waals surface area contributed by atoms with Crippen molar-refractivity contribution >= 4 is 11.7 Å². The summed E-state index contributed by atoms with van der Waals surface area (Å²) in [4.78, 5) is 11.1. The van der Waals surface area contributed by atoms with Gasteiger partial charge in [-0.25, -0.2) is 9.18 Å². The lowest BCUT2D eigenvalue weighted by Crippen LogP contribution is -2.27. The molecule has 0 radical (unpaired) electrons. The molecule has 2 rings (SSSR count). The van der Waals surface area contributed by atoms with Gasteiger partial charge in [-0.05, 0) is 30.9 Å². The number of halogens is 1. The Morgan fingerprint density at radius 3 is 2.89 bits per heavy atom. The molecule has 1 aliphatic carbocycles. The van der Waals surface area contributed by atoms with Crippen molar-refractivity contribution in [3.63, 3.8) is 0 Å². The van der Waals surface area contributed by atoms with Crippen molar-refractivity contribution in [1.82, 2.24) is 0 Å². The van der Waals surface area contributed by atoms with Crippen molar-refractivity contribution in [1.29, 1.82) is 0 Å². The standard InChI is InChI=1S/C14H18FNO2/c1-9-4-2-5-10(8-9)16-12-7-3-6-11(15)13(12)14(17)18/h3,6-7,9-10,16H,2,4-5,8H2,1H3,(H,17,18). The molecule has 0 heterocycles. The number of hydrogen-bond donors (Lipinski definition) is 2. The molecule has 0 aromatic heterocycles. The van der Waals surface area contributed by atoms with Gasteiger partial charge in [-0.1, -0.05) is 25.8 Å². The number of benzene rings is 1. The van der Waals surface area contributed by atoms with Crippen LogP contribution in [0.3, 0.4) is 0 Å². The summed E-state index contributed by atoms with van der Waals surface area (Å²) < 4.78 is 13.5. The van der Waals surface area contributed by atoms with Gasteiger partial charge in [0.1, 0.15) is 11.4 Å². The molecule has 2 unspecified atom stereocenters. The first-order valence-electron chi connectivity index (χ1n) is 6.36. The van der Waals surface area contributed by atoms with E-state index >= 15 is 0 Å². The van der Waals surface area contributed by atoms with Gasteiger partial charge in [0.05, 0.1) is 5.69 Å². The second-order valence-electron chi connectivity index (χ2n) is 5.08. The molecule has 3 nitrogen and oxygen atoms in total. The number of aromatic carboxylic acids is 1. The van der Waals surface area contributed by atoms with E-state index in [1.165, 1.54) is 18.6 Å². The van der Waals surface area contributed by atoms with Crippen molar-refractivity contribution in [2.45, 2.75) is 38.6 Å². The molecule has 0 spiro atoms. The van der Waals surface area contributed by atoms with E-state index in [1.807, 2.05) is 0 Å². The van der Waals surface area contributed by atoms with Crippen LogP contribution in [0.1, 0.15) is 43.0 Å². The molecule has 1 aromatic carbocycles. The van der Waals surface area contributed by atoms with Crippen LogP contribution < -0.4 is 5.32 Å². The van der Waals surface area contributed by atoms with E-state index in [-0.39, 0.29) is 11.6 Å². The number of anilines is 1. The van der Waals surface area contributed by atoms with Crippen LogP contribution in [0.15, 0.2) is 18.2 Å². The van der Waals surface area contributed by atoms with E-state index in [0.29, 0.717) is 11.6 Å². The highest BCUT2D eigenvalue weighted by molar-refractivity contribution is 5.94. The Morgan fingerprint density at radius 1 is 1.44 bits per heavy atom. The summed E-state index contributed by atoms with van der Waals surface area (Å²) in [5.41, 5.74) is 0.136. The van der Waals surface area contributed by atoms with Gasteiger partial charge in [0.15, 0.2) is 0 Å². The second kappa shape index (κ2) is 5.38. The summed E-state index contributed by atoms with van der Waals surface area (Å²) in [6.45, 7) is 2.19. The van der Waals surface area contributed by atoms with E-state index in [2.05, 4.69) is 12.2 Å². The summed E-state index contributed by atoms with van der Waals surface area (Å²) in [7, 11) is 0. The Hall–Kier alpha value is -1.58. The van der Waals surface area contributed by atoms with E-state index in [4.69, 9.17) is 5.11 Å². The minimum Gasteiger partial charge on any atom is -0.478 e. The fourth-order valence-corrected chi connectivity index (χ4v) is 2.65. The van der Waals surface area contributed by atoms with Gasteiger partial charge in [0, 0.05) is 6.04 Å². The van der Waals surface area contributed by atoms with Crippen LogP contribution in [0.2, 0.25) is 0 Å². The maximum absolute atomic E-state index is 13.5. The van der Waals surface area contributed by atoms with Gasteiger partial charge in [-0.15, -0.1) is 0 Å². The van der Waals surface area contributed by atoms with Gasteiger partial charge in [0.2, 0.25) is 0 Å². The zero-order chi connectivity index (χ0) is 13.1. The van der Waals surface area contributed by atoms with Gasteiger partial charge < -0.3 is 10.4 Å². The summed E-state index contributed by atoms with van der Waals surface area (Å²) in [5.74, 6) is -1.27. The van der Waals surface area contributed by atoms with E-state index < -0.39 is 11.8 Å². The quantitative estimate of drug-likeness (QED) is 0.864. The lowest BCUT2D eigenvalue weighted by molar-refractivity contribution is 0.0693. The normalized spacial score (nSPS) is 23.7. The van der Waals surface area contributed by atoms with Crippen molar-refractivity contribution in [3.8, 4) is 0 Å². The molecule has 2 atom stereocenters. The highest BCUT2D eigenvalue weighted by atomic mass is 19.1. The van der Waals surface area contributed by atoms with E-state index in [0.717, 1.165) is 19.3 Å². The Balaban J connectivity index is 2.18. The molecule has 0 bridgehead atoms. The van der Waals surface area contributed by atoms with Gasteiger partial charge in [0.25, 0.3) is 0 Å². The Labute approximate surface area is 106 Å². The molecule has 0 saturated heterocycles. The first-order valence-corrected chi connectivity index (χ1v) is 6.36. The van der Waals surface area contributed by atoms with Crippen LogP contribution >= 0.6 is 0 Å². The summed E-state index contributed by atoms with van der Waals surface area (Å²) in [5, 5.41) is 12.2. The summed E-state index contributed by atoms with van der Waals surface area (Å²) in [6.07, 6.45) is 4.37. The van der Waals surface area contributed by atoms with Crippen molar-refractivity contribution in [2.24, 2.45) is 5.92 Å². The lowest BCUT2D eigenvalue weighted by Gasteiger charge is -2.28. The Kier molecular flexibility index (Phi) is 3.84. The van der Waals surface area contributed by atoms with Crippen molar-refractivity contribution in [3.05, 3.63) is 29.6 Å². The molecule has 0 aliphatic heterocycles. The fourth-order valence-electron chi connectivity index (χ4n) is 2.65. The highest BCUT2D eigenvalue weighted by Crippen LogP contribution is 2.28. The first-order chi connectivity index (χ1) is 8.58. The molecule has 1 saturated carbocycles. The van der Waals surface area contributed by atoms with Crippen LogP contribution in [-0.2, 0) is 0 Å². The third-order valence-corrected chi connectivity index (χ3v) is 3.52. The van der Waals surface area contributed by atoms with Crippen LogP contribution in [0.5, 0.6) is 0 Å². The fraction of sp³-hybridized carbons (Fsp3) is 0.500. The van der Waals surface area contributed by atoms with Crippen molar-refractivity contribution in [2.75, 3.05) is 5.32 Å².